The second kappa shape index (κ2) is 8.92. The quantitative estimate of drug-likeness (QED) is 0.478. The maximum absolute atomic E-state index is 12.3. The number of hydrogen-bond donors (Lipinski definition) is 2. The van der Waals surface area contributed by atoms with E-state index >= 15 is 0 Å². The minimum atomic E-state index is -3.85. The molecule has 6 nitrogen and oxygen atoms in total. The van der Waals surface area contributed by atoms with Crippen LogP contribution in [0, 0.1) is 0 Å². The lowest BCUT2D eigenvalue weighted by molar-refractivity contribution is 0.0696. The summed E-state index contributed by atoms with van der Waals surface area (Å²) in [5.41, 5.74) is 0.109. The molecule has 2 aromatic carbocycles. The number of ether oxygens (including phenoxy) is 1. The minimum Gasteiger partial charge on any atom is -0.494 e. The second-order valence-corrected chi connectivity index (χ2v) is 8.00. The number of halogens is 3. The first kappa shape index (κ1) is 20.8. The molecule has 0 amide bonds. The van der Waals surface area contributed by atoms with Crippen LogP contribution >= 0.6 is 34.8 Å². The predicted octanol–water partition coefficient (Wildman–Crippen LogP) is 4.09. The Hall–Kier alpha value is -1.51. The van der Waals surface area contributed by atoms with Crippen molar-refractivity contribution < 1.29 is 23.1 Å². The van der Waals surface area contributed by atoms with E-state index in [9.17, 15) is 13.2 Å². The largest absolute Gasteiger partial charge is 0.494 e. The second-order valence-electron chi connectivity index (χ2n) is 5.11. The molecule has 0 aliphatic rings. The molecule has 0 spiro atoms. The number of nitrogens with one attached hydrogen (secondary N) is 1. The highest BCUT2D eigenvalue weighted by Gasteiger charge is 2.20. The number of hydrogen-bond acceptors (Lipinski definition) is 4. The van der Waals surface area contributed by atoms with E-state index < -0.39 is 16.0 Å². The first-order chi connectivity index (χ1) is 12.2. The van der Waals surface area contributed by atoms with Gasteiger partial charge in [0.15, 0.2) is 0 Å². The molecule has 0 aromatic heterocycles. The number of benzene rings is 2. The maximum Gasteiger partial charge on any atom is 0.335 e. The van der Waals surface area contributed by atoms with E-state index in [1.807, 2.05) is 0 Å². The van der Waals surface area contributed by atoms with Crippen molar-refractivity contribution in [1.82, 2.24) is 4.72 Å². The summed E-state index contributed by atoms with van der Waals surface area (Å²) in [6, 6.07) is 8.64. The van der Waals surface area contributed by atoms with Gasteiger partial charge in [0.2, 0.25) is 10.0 Å². The first-order valence-corrected chi connectivity index (χ1v) is 9.93. The minimum absolute atomic E-state index is 0.0298. The van der Waals surface area contributed by atoms with E-state index in [-0.39, 0.29) is 38.7 Å². The molecule has 2 N–H and O–H groups in total. The summed E-state index contributed by atoms with van der Waals surface area (Å²) < 4.78 is 32.3. The van der Waals surface area contributed by atoms with Crippen molar-refractivity contribution in [1.29, 1.82) is 0 Å². The summed E-state index contributed by atoms with van der Waals surface area (Å²) in [4.78, 5) is 10.7. The Bertz CT molecular complexity index is 918. The fourth-order valence-corrected chi connectivity index (χ4v) is 4.03. The molecule has 0 heterocycles. The molecule has 0 fully saturated rings. The third-order valence-electron chi connectivity index (χ3n) is 3.25. The number of carboxylic acid groups (broad SMARTS) is 1. The molecule has 140 valence electrons. The van der Waals surface area contributed by atoms with Crippen LogP contribution in [0.15, 0.2) is 41.3 Å². The molecule has 0 bridgehead atoms. The van der Waals surface area contributed by atoms with Gasteiger partial charge in [-0.25, -0.2) is 17.9 Å². The average molecular weight is 439 g/mol. The Labute approximate surface area is 165 Å². The van der Waals surface area contributed by atoms with Gasteiger partial charge in [-0.1, -0.05) is 40.9 Å². The van der Waals surface area contributed by atoms with Crippen LogP contribution in [0.1, 0.15) is 16.8 Å². The van der Waals surface area contributed by atoms with E-state index in [0.717, 1.165) is 0 Å². The van der Waals surface area contributed by atoms with E-state index in [1.165, 1.54) is 24.3 Å². The summed E-state index contributed by atoms with van der Waals surface area (Å²) in [6.45, 7) is 0.290. The zero-order valence-corrected chi connectivity index (χ0v) is 16.3. The lowest BCUT2D eigenvalue weighted by Crippen LogP contribution is -2.26. The van der Waals surface area contributed by atoms with Crippen LogP contribution in [0.2, 0.25) is 15.1 Å². The van der Waals surface area contributed by atoms with E-state index in [1.54, 1.807) is 12.1 Å². The molecular weight excluding hydrogens is 425 g/mol. The highest BCUT2D eigenvalue weighted by molar-refractivity contribution is 7.89. The SMILES string of the molecule is O=C(O)c1cccc(OCCCNS(=O)(=O)c2ccc(Cl)c(Cl)c2Cl)c1. The molecule has 10 heteroatoms. The van der Waals surface area contributed by atoms with Crippen LogP contribution in [0.4, 0.5) is 0 Å². The maximum atomic E-state index is 12.3. The smallest absolute Gasteiger partial charge is 0.335 e. The van der Waals surface area contributed by atoms with Crippen molar-refractivity contribution in [3.05, 3.63) is 57.0 Å². The molecule has 0 radical (unpaired) electrons. The zero-order valence-electron chi connectivity index (χ0n) is 13.2. The highest BCUT2D eigenvalue weighted by atomic mass is 35.5. The van der Waals surface area contributed by atoms with Crippen LogP contribution in [-0.2, 0) is 10.0 Å². The number of carboxylic acids is 1. The molecule has 0 unspecified atom stereocenters. The standard InChI is InChI=1S/C16H14Cl3NO5S/c17-12-5-6-13(15(19)14(12)18)26(23,24)20-7-2-8-25-11-4-1-3-10(9-11)16(21)22/h1,3-6,9,20H,2,7-8H2,(H,21,22). The summed E-state index contributed by atoms with van der Waals surface area (Å²) in [5.74, 6) is -0.665. The molecule has 0 saturated carbocycles. The lowest BCUT2D eigenvalue weighted by atomic mass is 10.2. The van der Waals surface area contributed by atoms with E-state index in [2.05, 4.69) is 4.72 Å². The van der Waals surface area contributed by atoms with Crippen molar-refractivity contribution in [2.24, 2.45) is 0 Å². The van der Waals surface area contributed by atoms with Gasteiger partial charge in [-0.3, -0.25) is 0 Å². The van der Waals surface area contributed by atoms with Gasteiger partial charge >= 0.3 is 5.97 Å². The van der Waals surface area contributed by atoms with Gasteiger partial charge < -0.3 is 9.84 Å². The molecule has 26 heavy (non-hydrogen) atoms. The Balaban J connectivity index is 1.89. The fraction of sp³-hybridized carbons (Fsp3) is 0.188. The molecule has 2 rings (SSSR count). The van der Waals surface area contributed by atoms with Crippen LogP contribution in [0.5, 0.6) is 5.75 Å². The van der Waals surface area contributed by atoms with Crippen molar-refractivity contribution in [3.8, 4) is 5.75 Å². The van der Waals surface area contributed by atoms with Crippen molar-refractivity contribution in [2.75, 3.05) is 13.2 Å². The summed E-state index contributed by atoms with van der Waals surface area (Å²) in [6.07, 6.45) is 0.357. The van der Waals surface area contributed by atoms with Crippen molar-refractivity contribution in [3.63, 3.8) is 0 Å². The Morgan fingerprint density at radius 1 is 1.12 bits per heavy atom. The van der Waals surface area contributed by atoms with Crippen LogP contribution in [-0.4, -0.2) is 32.6 Å². The van der Waals surface area contributed by atoms with Crippen LogP contribution in [0.3, 0.4) is 0 Å². The topological polar surface area (TPSA) is 92.7 Å². The van der Waals surface area contributed by atoms with Crippen LogP contribution < -0.4 is 9.46 Å². The number of carbonyl (C=O) groups is 1. The fourth-order valence-electron chi connectivity index (χ4n) is 1.98. The van der Waals surface area contributed by atoms with Gasteiger partial charge in [-0.05, 0) is 36.8 Å². The lowest BCUT2D eigenvalue weighted by Gasteiger charge is -2.10. The number of sulfonamides is 1. The molecule has 0 aliphatic carbocycles. The van der Waals surface area contributed by atoms with Crippen molar-refractivity contribution in [2.45, 2.75) is 11.3 Å². The first-order valence-electron chi connectivity index (χ1n) is 7.31. The Morgan fingerprint density at radius 2 is 1.85 bits per heavy atom. The third-order valence-corrected chi connectivity index (χ3v) is 6.16. The van der Waals surface area contributed by atoms with Crippen LogP contribution in [0.25, 0.3) is 0 Å². The van der Waals surface area contributed by atoms with Gasteiger partial charge in [0.1, 0.15) is 10.6 Å². The van der Waals surface area contributed by atoms with Gasteiger partial charge in [0.25, 0.3) is 0 Å². The summed E-state index contributed by atoms with van der Waals surface area (Å²) in [7, 11) is -3.85. The van der Waals surface area contributed by atoms with Crippen molar-refractivity contribution >= 4 is 50.8 Å². The van der Waals surface area contributed by atoms with Gasteiger partial charge in [-0.15, -0.1) is 0 Å². The van der Waals surface area contributed by atoms with E-state index in [0.29, 0.717) is 12.2 Å². The average Bonchev–Trinajstić information content (AvgIpc) is 2.59. The molecule has 0 atom stereocenters. The Morgan fingerprint density at radius 3 is 2.54 bits per heavy atom. The normalized spacial score (nSPS) is 11.3. The van der Waals surface area contributed by atoms with Gasteiger partial charge in [-0.2, -0.15) is 0 Å². The molecule has 2 aromatic rings. The predicted molar refractivity (Wildman–Crippen MR) is 100 cm³/mol. The molecule has 0 saturated heterocycles. The number of aromatic carboxylic acids is 1. The van der Waals surface area contributed by atoms with E-state index in [4.69, 9.17) is 44.6 Å². The summed E-state index contributed by atoms with van der Waals surface area (Å²) in [5, 5.41) is 8.90. The Kier molecular flexibility index (Phi) is 7.14. The monoisotopic (exact) mass is 437 g/mol. The highest BCUT2D eigenvalue weighted by Crippen LogP contribution is 2.34. The molecule has 0 aliphatic heterocycles. The summed E-state index contributed by atoms with van der Waals surface area (Å²) >= 11 is 17.6. The number of rotatable bonds is 8. The third kappa shape index (κ3) is 5.25. The van der Waals surface area contributed by atoms with Gasteiger partial charge in [0.05, 0.1) is 27.2 Å². The molecular formula is C16H14Cl3NO5S. The zero-order chi connectivity index (χ0) is 19.3. The van der Waals surface area contributed by atoms with Gasteiger partial charge in [0, 0.05) is 6.54 Å².